The zero-order chi connectivity index (χ0) is 22.4. The van der Waals surface area contributed by atoms with E-state index in [-0.39, 0.29) is 24.0 Å². The van der Waals surface area contributed by atoms with Crippen LogP contribution < -0.4 is 10.1 Å². The first-order chi connectivity index (χ1) is 15.6. The molecule has 164 valence electrons. The number of hydrogen-bond donors (Lipinski definition) is 1. The van der Waals surface area contributed by atoms with Crippen molar-refractivity contribution >= 4 is 26.8 Å². The Bertz CT molecular complexity index is 1270. The van der Waals surface area contributed by atoms with Crippen LogP contribution in [-0.4, -0.2) is 49.9 Å². The van der Waals surface area contributed by atoms with Crippen LogP contribution in [0.15, 0.2) is 65.7 Å². The average molecular weight is 450 g/mol. The lowest BCUT2D eigenvalue weighted by atomic mass is 10.2. The number of hydrogen-bond acceptors (Lipinski definition) is 5. The monoisotopic (exact) mass is 449 g/mol. The lowest BCUT2D eigenvalue weighted by molar-refractivity contribution is 0.0958. The number of carbonyl (C=O) groups excluding carboxylic acids is 1. The maximum Gasteiger partial charge on any atom is 0.252 e. The van der Waals surface area contributed by atoms with E-state index in [1.54, 1.807) is 6.20 Å². The highest BCUT2D eigenvalue weighted by molar-refractivity contribution is 7.89. The van der Waals surface area contributed by atoms with Crippen LogP contribution in [0, 0.1) is 11.8 Å². The first-order valence-electron chi connectivity index (χ1n) is 10.4. The summed E-state index contributed by atoms with van der Waals surface area (Å²) in [6.45, 7) is 1.42. The van der Waals surface area contributed by atoms with Crippen LogP contribution in [0.5, 0.6) is 5.75 Å². The molecule has 0 atom stereocenters. The number of fused-ring (bicyclic) bond motifs is 1. The Morgan fingerprint density at radius 3 is 2.56 bits per heavy atom. The van der Waals surface area contributed by atoms with E-state index in [0.29, 0.717) is 24.4 Å². The number of ether oxygens (including phenoxy) is 1. The van der Waals surface area contributed by atoms with E-state index in [9.17, 15) is 13.2 Å². The lowest BCUT2D eigenvalue weighted by Gasteiger charge is -2.15. The van der Waals surface area contributed by atoms with Crippen molar-refractivity contribution in [3.8, 4) is 17.6 Å². The predicted octanol–water partition coefficient (Wildman–Crippen LogP) is 2.83. The van der Waals surface area contributed by atoms with E-state index < -0.39 is 10.0 Å². The molecule has 32 heavy (non-hydrogen) atoms. The number of aromatic nitrogens is 1. The Morgan fingerprint density at radius 2 is 1.78 bits per heavy atom. The molecular formula is C24H23N3O4S. The van der Waals surface area contributed by atoms with Crippen molar-refractivity contribution in [1.29, 1.82) is 0 Å². The molecule has 0 spiro atoms. The molecule has 7 nitrogen and oxygen atoms in total. The van der Waals surface area contributed by atoms with Gasteiger partial charge in [-0.05, 0) is 49.2 Å². The van der Waals surface area contributed by atoms with Gasteiger partial charge in [-0.3, -0.25) is 9.78 Å². The smallest absolute Gasteiger partial charge is 0.252 e. The van der Waals surface area contributed by atoms with Crippen LogP contribution in [-0.2, 0) is 10.0 Å². The SMILES string of the molecule is O=C(NCC#CCOc1cccc2cccnc12)c1ccc(S(=O)(=O)N2CCCC2)cc1. The molecule has 0 bridgehead atoms. The summed E-state index contributed by atoms with van der Waals surface area (Å²) in [7, 11) is -3.48. The molecule has 1 aromatic heterocycles. The third-order valence-corrected chi connectivity index (χ3v) is 7.09. The van der Waals surface area contributed by atoms with E-state index in [0.717, 1.165) is 23.7 Å². The molecule has 1 saturated heterocycles. The summed E-state index contributed by atoms with van der Waals surface area (Å²) in [6, 6.07) is 15.5. The van der Waals surface area contributed by atoms with Gasteiger partial charge in [-0.25, -0.2) is 8.42 Å². The van der Waals surface area contributed by atoms with Gasteiger partial charge in [-0.2, -0.15) is 4.31 Å². The van der Waals surface area contributed by atoms with Gasteiger partial charge in [0.25, 0.3) is 5.91 Å². The number of benzene rings is 2. The van der Waals surface area contributed by atoms with E-state index in [4.69, 9.17) is 4.74 Å². The van der Waals surface area contributed by atoms with Crippen LogP contribution in [0.1, 0.15) is 23.2 Å². The highest BCUT2D eigenvalue weighted by atomic mass is 32.2. The van der Waals surface area contributed by atoms with Crippen molar-refractivity contribution in [2.24, 2.45) is 0 Å². The van der Waals surface area contributed by atoms with Gasteiger partial charge < -0.3 is 10.1 Å². The third kappa shape index (κ3) is 4.90. The Morgan fingerprint density at radius 1 is 1.03 bits per heavy atom. The molecule has 4 rings (SSSR count). The van der Waals surface area contributed by atoms with Crippen molar-refractivity contribution in [2.45, 2.75) is 17.7 Å². The average Bonchev–Trinajstić information content (AvgIpc) is 3.37. The van der Waals surface area contributed by atoms with Crippen molar-refractivity contribution in [1.82, 2.24) is 14.6 Å². The van der Waals surface area contributed by atoms with Crippen LogP contribution >= 0.6 is 0 Å². The number of nitrogens with zero attached hydrogens (tertiary/aromatic N) is 2. The van der Waals surface area contributed by atoms with Crippen LogP contribution in [0.4, 0.5) is 0 Å². The predicted molar refractivity (Wildman–Crippen MR) is 122 cm³/mol. The molecule has 2 aromatic carbocycles. The van der Waals surface area contributed by atoms with Crippen LogP contribution in [0.2, 0.25) is 0 Å². The molecule has 0 unspecified atom stereocenters. The van der Waals surface area contributed by atoms with Crippen molar-refractivity contribution in [3.05, 3.63) is 66.4 Å². The maximum absolute atomic E-state index is 12.6. The molecule has 0 aliphatic carbocycles. The second-order valence-electron chi connectivity index (χ2n) is 7.29. The van der Waals surface area contributed by atoms with Crippen molar-refractivity contribution in [2.75, 3.05) is 26.2 Å². The second kappa shape index (κ2) is 9.81. The third-order valence-electron chi connectivity index (χ3n) is 5.18. The molecule has 1 fully saturated rings. The normalized spacial score (nSPS) is 14.0. The standard InChI is InChI=1S/C24H23N3O4S/c28-24(20-10-12-21(13-11-20)32(29,30)27-16-2-3-17-27)26-14-1-4-18-31-22-9-5-7-19-8-6-15-25-23(19)22/h5-13,15H,2-3,14,16-18H2,(H,26,28). The first kappa shape index (κ1) is 21.8. The molecule has 8 heteroatoms. The summed E-state index contributed by atoms with van der Waals surface area (Å²) in [4.78, 5) is 16.8. The van der Waals surface area contributed by atoms with Crippen molar-refractivity contribution in [3.63, 3.8) is 0 Å². The number of pyridine rings is 1. The van der Waals surface area contributed by atoms with Crippen LogP contribution in [0.25, 0.3) is 10.9 Å². The molecular weight excluding hydrogens is 426 g/mol. The lowest BCUT2D eigenvalue weighted by Crippen LogP contribution is -2.28. The van der Waals surface area contributed by atoms with Gasteiger partial charge in [0.05, 0.1) is 11.4 Å². The Balaban J connectivity index is 1.28. The van der Waals surface area contributed by atoms with E-state index >= 15 is 0 Å². The number of para-hydroxylation sites is 1. The molecule has 0 radical (unpaired) electrons. The van der Waals surface area contributed by atoms with Crippen LogP contribution in [0.3, 0.4) is 0 Å². The van der Waals surface area contributed by atoms with Gasteiger partial charge in [0.1, 0.15) is 17.9 Å². The van der Waals surface area contributed by atoms with Gasteiger partial charge in [0, 0.05) is 30.2 Å². The topological polar surface area (TPSA) is 88.6 Å². The highest BCUT2D eigenvalue weighted by Gasteiger charge is 2.27. The number of amides is 1. The minimum atomic E-state index is -3.48. The summed E-state index contributed by atoms with van der Waals surface area (Å²) in [5.74, 6) is 6.05. The zero-order valence-corrected chi connectivity index (χ0v) is 18.3. The minimum Gasteiger partial charge on any atom is -0.479 e. The summed E-state index contributed by atoms with van der Waals surface area (Å²) in [5.41, 5.74) is 1.16. The summed E-state index contributed by atoms with van der Waals surface area (Å²) < 4.78 is 32.3. The quantitative estimate of drug-likeness (QED) is 0.585. The van der Waals surface area contributed by atoms with E-state index in [1.165, 1.54) is 28.6 Å². The number of sulfonamides is 1. The molecule has 0 saturated carbocycles. The Hall–Kier alpha value is -3.41. The minimum absolute atomic E-state index is 0.157. The van der Waals surface area contributed by atoms with Gasteiger partial charge in [0.2, 0.25) is 10.0 Å². The number of nitrogens with one attached hydrogen (secondary N) is 1. The molecule has 1 aliphatic heterocycles. The van der Waals surface area contributed by atoms with E-state index in [1.807, 2.05) is 30.3 Å². The molecule has 3 aromatic rings. The number of carbonyl (C=O) groups is 1. The summed E-state index contributed by atoms with van der Waals surface area (Å²) in [6.07, 6.45) is 3.47. The fraction of sp³-hybridized carbons (Fsp3) is 0.250. The summed E-state index contributed by atoms with van der Waals surface area (Å²) >= 11 is 0. The van der Waals surface area contributed by atoms with Gasteiger partial charge in [0.15, 0.2) is 0 Å². The first-order valence-corrected chi connectivity index (χ1v) is 11.8. The Labute approximate surface area is 187 Å². The zero-order valence-electron chi connectivity index (χ0n) is 17.5. The second-order valence-corrected chi connectivity index (χ2v) is 9.23. The maximum atomic E-state index is 12.6. The molecule has 1 amide bonds. The molecule has 1 N–H and O–H groups in total. The van der Waals surface area contributed by atoms with E-state index in [2.05, 4.69) is 22.1 Å². The van der Waals surface area contributed by atoms with Gasteiger partial charge >= 0.3 is 0 Å². The highest BCUT2D eigenvalue weighted by Crippen LogP contribution is 2.23. The largest absolute Gasteiger partial charge is 0.479 e. The van der Waals surface area contributed by atoms with Gasteiger partial charge in [-0.15, -0.1) is 0 Å². The Kier molecular flexibility index (Phi) is 6.69. The fourth-order valence-electron chi connectivity index (χ4n) is 3.50. The summed E-state index contributed by atoms with van der Waals surface area (Å²) in [5, 5.41) is 3.69. The molecule has 1 aliphatic rings. The number of rotatable bonds is 6. The van der Waals surface area contributed by atoms with Crippen molar-refractivity contribution < 1.29 is 17.9 Å². The molecule has 2 heterocycles. The van der Waals surface area contributed by atoms with Gasteiger partial charge in [-0.1, -0.05) is 30.0 Å². The fourth-order valence-corrected chi connectivity index (χ4v) is 5.02.